The molecule has 9 nitrogen and oxygen atoms in total. The van der Waals surface area contributed by atoms with Gasteiger partial charge in [-0.15, -0.1) is 0 Å². The van der Waals surface area contributed by atoms with E-state index in [1.165, 1.54) is 0 Å². The summed E-state index contributed by atoms with van der Waals surface area (Å²) in [5, 5.41) is 5.76. The first-order chi connectivity index (χ1) is 17.9. The van der Waals surface area contributed by atoms with Crippen molar-refractivity contribution in [2.24, 2.45) is 0 Å². The highest BCUT2D eigenvalue weighted by Crippen LogP contribution is 2.36. The van der Waals surface area contributed by atoms with Crippen molar-refractivity contribution < 1.29 is 33.3 Å². The zero-order valence-electron chi connectivity index (χ0n) is 24.2. The Morgan fingerprint density at radius 2 is 1.71 bits per heavy atom. The molecule has 1 fully saturated rings. The highest BCUT2D eigenvalue weighted by Gasteiger charge is 2.52. The molecule has 3 unspecified atom stereocenters. The van der Waals surface area contributed by atoms with Crippen LogP contribution in [0.4, 0.5) is 4.79 Å². The third-order valence-electron chi connectivity index (χ3n) is 5.80. The van der Waals surface area contributed by atoms with E-state index in [-0.39, 0.29) is 37.1 Å². The van der Waals surface area contributed by atoms with Crippen molar-refractivity contribution in [1.82, 2.24) is 10.6 Å². The first-order valence-electron chi connectivity index (χ1n) is 13.7. The summed E-state index contributed by atoms with van der Waals surface area (Å²) in [6.07, 6.45) is 1.79. The molecule has 0 aromatic heterocycles. The lowest BCUT2D eigenvalue weighted by Crippen LogP contribution is -2.42. The SMILES string of the molecule is CC(C)OCC(COC1OC1C(C)(C)OCc1ccccc1)NC(=O)CCCCCNC(=O)OC(C)(C)C. The van der Waals surface area contributed by atoms with E-state index in [1.54, 1.807) is 0 Å². The number of ether oxygens (including phenoxy) is 5. The maximum Gasteiger partial charge on any atom is 0.407 e. The molecule has 0 bridgehead atoms. The van der Waals surface area contributed by atoms with Gasteiger partial charge in [-0.3, -0.25) is 4.79 Å². The number of benzene rings is 1. The predicted molar refractivity (Wildman–Crippen MR) is 146 cm³/mol. The molecule has 2 amide bonds. The van der Waals surface area contributed by atoms with Crippen LogP contribution in [-0.4, -0.2) is 67.5 Å². The van der Waals surface area contributed by atoms with Crippen molar-refractivity contribution in [3.63, 3.8) is 0 Å². The van der Waals surface area contributed by atoms with E-state index >= 15 is 0 Å². The van der Waals surface area contributed by atoms with E-state index in [9.17, 15) is 9.59 Å². The van der Waals surface area contributed by atoms with Gasteiger partial charge in [-0.05, 0) is 66.9 Å². The van der Waals surface area contributed by atoms with E-state index < -0.39 is 17.3 Å². The van der Waals surface area contributed by atoms with Crippen molar-refractivity contribution in [3.05, 3.63) is 35.9 Å². The van der Waals surface area contributed by atoms with Gasteiger partial charge in [0.25, 0.3) is 0 Å². The van der Waals surface area contributed by atoms with Crippen LogP contribution >= 0.6 is 0 Å². The molecular weight excluding hydrogens is 488 g/mol. The molecule has 2 rings (SSSR count). The number of alkyl carbamates (subject to hydrolysis) is 1. The summed E-state index contributed by atoms with van der Waals surface area (Å²) in [5.74, 6) is -0.0501. The maximum atomic E-state index is 12.5. The zero-order valence-corrected chi connectivity index (χ0v) is 24.2. The van der Waals surface area contributed by atoms with Gasteiger partial charge in [0.1, 0.15) is 11.7 Å². The van der Waals surface area contributed by atoms with Crippen LogP contribution in [0.25, 0.3) is 0 Å². The molecule has 216 valence electrons. The quantitative estimate of drug-likeness (QED) is 0.219. The number of carbonyl (C=O) groups is 2. The number of nitrogens with one attached hydrogen (secondary N) is 2. The standard InChI is InChI=1S/C29H48N2O7/c1-21(2)34-19-23(31-24(32)16-12-9-13-17-30-27(33)38-28(3,4)5)20-35-26-25(37-26)29(6,7)36-18-22-14-10-8-11-15-22/h8,10-11,14-15,21,23,25-26H,9,12-13,16-20H2,1-7H3,(H,30,33)(H,31,32). The van der Waals surface area contributed by atoms with Gasteiger partial charge >= 0.3 is 6.09 Å². The molecule has 1 aromatic carbocycles. The average molecular weight is 537 g/mol. The summed E-state index contributed by atoms with van der Waals surface area (Å²) in [6, 6.07) is 9.73. The Bertz CT molecular complexity index is 839. The van der Waals surface area contributed by atoms with Gasteiger partial charge in [0.05, 0.1) is 37.6 Å². The van der Waals surface area contributed by atoms with Crippen LogP contribution in [0.3, 0.4) is 0 Å². The third-order valence-corrected chi connectivity index (χ3v) is 5.80. The Morgan fingerprint density at radius 3 is 2.37 bits per heavy atom. The topological polar surface area (TPSA) is 108 Å². The van der Waals surface area contributed by atoms with E-state index in [1.807, 2.05) is 78.8 Å². The van der Waals surface area contributed by atoms with Crippen LogP contribution in [0.2, 0.25) is 0 Å². The van der Waals surface area contributed by atoms with Crippen LogP contribution in [0.5, 0.6) is 0 Å². The summed E-state index contributed by atoms with van der Waals surface area (Å²) in [7, 11) is 0. The largest absolute Gasteiger partial charge is 0.444 e. The lowest BCUT2D eigenvalue weighted by molar-refractivity contribution is -0.123. The minimum atomic E-state index is -0.513. The summed E-state index contributed by atoms with van der Waals surface area (Å²) in [4.78, 5) is 24.2. The molecule has 1 saturated heterocycles. The van der Waals surface area contributed by atoms with Gasteiger partial charge in [0.2, 0.25) is 5.91 Å². The highest BCUT2D eigenvalue weighted by atomic mass is 16.8. The molecule has 0 radical (unpaired) electrons. The fourth-order valence-corrected chi connectivity index (χ4v) is 3.69. The monoisotopic (exact) mass is 536 g/mol. The zero-order chi connectivity index (χ0) is 28.2. The molecule has 1 aliphatic rings. The van der Waals surface area contributed by atoms with Gasteiger partial charge in [-0.25, -0.2) is 4.79 Å². The second-order valence-corrected chi connectivity index (χ2v) is 11.5. The van der Waals surface area contributed by atoms with E-state index in [0.29, 0.717) is 26.2 Å². The fourth-order valence-electron chi connectivity index (χ4n) is 3.69. The van der Waals surface area contributed by atoms with Crippen molar-refractivity contribution in [2.45, 2.75) is 116 Å². The van der Waals surface area contributed by atoms with Crippen LogP contribution in [-0.2, 0) is 35.1 Å². The maximum absolute atomic E-state index is 12.5. The summed E-state index contributed by atoms with van der Waals surface area (Å²) < 4.78 is 28.8. The van der Waals surface area contributed by atoms with Gasteiger partial charge in [-0.2, -0.15) is 0 Å². The van der Waals surface area contributed by atoms with Crippen molar-refractivity contribution >= 4 is 12.0 Å². The molecule has 0 spiro atoms. The molecule has 9 heteroatoms. The van der Waals surface area contributed by atoms with Gasteiger partial charge in [0.15, 0.2) is 6.29 Å². The summed E-state index contributed by atoms with van der Waals surface area (Å²) in [6.45, 7) is 15.0. The molecule has 0 saturated carbocycles. The third kappa shape index (κ3) is 13.6. The number of amides is 2. The molecule has 2 N–H and O–H groups in total. The molecule has 3 atom stereocenters. The smallest absolute Gasteiger partial charge is 0.407 e. The normalized spacial score (nSPS) is 18.2. The van der Waals surface area contributed by atoms with E-state index in [4.69, 9.17) is 23.7 Å². The minimum absolute atomic E-state index is 0.0436. The average Bonchev–Trinajstić information content (AvgIpc) is 3.62. The highest BCUT2D eigenvalue weighted by molar-refractivity contribution is 5.76. The molecule has 1 aromatic rings. The first-order valence-corrected chi connectivity index (χ1v) is 13.7. The number of hydrogen-bond donors (Lipinski definition) is 2. The number of hydrogen-bond acceptors (Lipinski definition) is 7. The van der Waals surface area contributed by atoms with Crippen molar-refractivity contribution in [3.8, 4) is 0 Å². The first kappa shape index (κ1) is 32.0. The second-order valence-electron chi connectivity index (χ2n) is 11.5. The second kappa shape index (κ2) is 15.4. The summed E-state index contributed by atoms with van der Waals surface area (Å²) >= 11 is 0. The Hall–Kier alpha value is -2.20. The lowest BCUT2D eigenvalue weighted by Gasteiger charge is -2.24. The molecule has 38 heavy (non-hydrogen) atoms. The van der Waals surface area contributed by atoms with E-state index in [2.05, 4.69) is 10.6 Å². The van der Waals surface area contributed by atoms with Gasteiger partial charge in [0, 0.05) is 13.0 Å². The molecule has 1 aliphatic heterocycles. The molecule has 0 aliphatic carbocycles. The number of unbranched alkanes of at least 4 members (excludes halogenated alkanes) is 2. The van der Waals surface area contributed by atoms with Gasteiger partial charge < -0.3 is 34.3 Å². The van der Waals surface area contributed by atoms with Crippen LogP contribution in [0, 0.1) is 0 Å². The molecule has 1 heterocycles. The van der Waals surface area contributed by atoms with Gasteiger partial charge in [-0.1, -0.05) is 36.8 Å². The Balaban J connectivity index is 1.67. The predicted octanol–water partition coefficient (Wildman–Crippen LogP) is 4.72. The molecular formula is C29H48N2O7. The van der Waals surface area contributed by atoms with Crippen LogP contribution in [0.15, 0.2) is 30.3 Å². The fraction of sp³-hybridized carbons (Fsp3) is 0.724. The lowest BCUT2D eigenvalue weighted by atomic mass is 10.1. The summed E-state index contributed by atoms with van der Waals surface area (Å²) in [5.41, 5.74) is 0.0821. The van der Waals surface area contributed by atoms with Crippen molar-refractivity contribution in [1.29, 1.82) is 0 Å². The van der Waals surface area contributed by atoms with Crippen LogP contribution in [0.1, 0.15) is 79.7 Å². The Labute approximate surface area is 228 Å². The van der Waals surface area contributed by atoms with Crippen molar-refractivity contribution in [2.75, 3.05) is 19.8 Å². The van der Waals surface area contributed by atoms with Crippen LogP contribution < -0.4 is 10.6 Å². The Kier molecular flexibility index (Phi) is 13.0. The Morgan fingerprint density at radius 1 is 1.00 bits per heavy atom. The van der Waals surface area contributed by atoms with E-state index in [0.717, 1.165) is 24.8 Å². The number of rotatable bonds is 17. The minimum Gasteiger partial charge on any atom is -0.444 e. The number of carbonyl (C=O) groups excluding carboxylic acids is 2. The number of epoxide rings is 1.